The van der Waals surface area contributed by atoms with Crippen molar-refractivity contribution in [3.63, 3.8) is 0 Å². The molecule has 1 N–H and O–H groups in total. The molecule has 0 atom stereocenters. The summed E-state index contributed by atoms with van der Waals surface area (Å²) in [6, 6.07) is 5.25. The molecule has 28 heavy (non-hydrogen) atoms. The number of nitrogens with zero attached hydrogens (tertiary/aromatic N) is 3. The number of hydrogen-bond donors (Lipinski definition) is 1. The summed E-state index contributed by atoms with van der Waals surface area (Å²) in [6.45, 7) is 2.89. The van der Waals surface area contributed by atoms with E-state index >= 15 is 0 Å². The largest absolute Gasteiger partial charge is 0.481 e. The number of amides is 3. The number of likely N-dealkylation sites (tertiary alicyclic amines) is 1. The summed E-state index contributed by atoms with van der Waals surface area (Å²) in [5.41, 5.74) is 2.28. The third-order valence-electron chi connectivity index (χ3n) is 5.52. The summed E-state index contributed by atoms with van der Waals surface area (Å²) in [5, 5.41) is 9.04. The van der Waals surface area contributed by atoms with Gasteiger partial charge in [0.1, 0.15) is 0 Å². The van der Waals surface area contributed by atoms with Crippen LogP contribution in [0.25, 0.3) is 0 Å². The maximum absolute atomic E-state index is 12.7. The molecule has 0 spiro atoms. The Labute approximate surface area is 163 Å². The van der Waals surface area contributed by atoms with Crippen molar-refractivity contribution in [2.24, 2.45) is 5.92 Å². The minimum Gasteiger partial charge on any atom is -0.481 e. The normalized spacial score (nSPS) is 16.6. The predicted octanol–water partition coefficient (Wildman–Crippen LogP) is 0.991. The Morgan fingerprint density at radius 1 is 1.14 bits per heavy atom. The predicted molar refractivity (Wildman–Crippen MR) is 102 cm³/mol. The number of fused-ring (bicyclic) bond motifs is 1. The zero-order valence-corrected chi connectivity index (χ0v) is 16.2. The van der Waals surface area contributed by atoms with Crippen molar-refractivity contribution in [2.45, 2.75) is 26.2 Å². The minimum absolute atomic E-state index is 0.0211. The number of anilines is 1. The first-order valence-electron chi connectivity index (χ1n) is 9.45. The van der Waals surface area contributed by atoms with Crippen molar-refractivity contribution in [1.29, 1.82) is 0 Å². The quantitative estimate of drug-likeness (QED) is 0.831. The van der Waals surface area contributed by atoms with Crippen LogP contribution in [0.1, 0.15) is 35.7 Å². The van der Waals surface area contributed by atoms with E-state index in [1.807, 2.05) is 0 Å². The summed E-state index contributed by atoms with van der Waals surface area (Å²) >= 11 is 0. The molecule has 0 aliphatic carbocycles. The van der Waals surface area contributed by atoms with E-state index in [1.54, 1.807) is 35.0 Å². The average Bonchev–Trinajstić information content (AvgIpc) is 3.10. The molecule has 3 rings (SSSR count). The van der Waals surface area contributed by atoms with Gasteiger partial charge < -0.3 is 19.8 Å². The number of carbonyl (C=O) groups excluding carboxylic acids is 3. The molecule has 2 heterocycles. The molecule has 1 fully saturated rings. The molecule has 2 aliphatic heterocycles. The van der Waals surface area contributed by atoms with Gasteiger partial charge in [-0.1, -0.05) is 0 Å². The van der Waals surface area contributed by atoms with E-state index in [0.29, 0.717) is 44.5 Å². The highest BCUT2D eigenvalue weighted by Crippen LogP contribution is 2.29. The van der Waals surface area contributed by atoms with E-state index in [1.165, 1.54) is 11.8 Å². The second kappa shape index (κ2) is 8.00. The van der Waals surface area contributed by atoms with Crippen molar-refractivity contribution in [3.8, 4) is 0 Å². The molecule has 150 valence electrons. The minimum atomic E-state index is -0.820. The van der Waals surface area contributed by atoms with Crippen LogP contribution >= 0.6 is 0 Å². The Bertz CT molecular complexity index is 814. The van der Waals surface area contributed by atoms with Crippen molar-refractivity contribution in [3.05, 3.63) is 29.3 Å². The third kappa shape index (κ3) is 4.00. The number of likely N-dealkylation sites (N-methyl/N-ethyl adjacent to an activating group) is 1. The number of piperidine rings is 1. The van der Waals surface area contributed by atoms with Gasteiger partial charge in [0.15, 0.2) is 0 Å². The summed E-state index contributed by atoms with van der Waals surface area (Å²) in [6.07, 6.45) is 1.59. The fraction of sp³-hybridized carbons (Fsp3) is 0.500. The van der Waals surface area contributed by atoms with E-state index in [-0.39, 0.29) is 24.3 Å². The van der Waals surface area contributed by atoms with Crippen LogP contribution in [0.2, 0.25) is 0 Å². The van der Waals surface area contributed by atoms with Crippen LogP contribution in [0.4, 0.5) is 5.69 Å². The zero-order chi connectivity index (χ0) is 20.4. The first kappa shape index (κ1) is 19.9. The number of aliphatic carboxylic acids is 1. The Morgan fingerprint density at radius 2 is 1.82 bits per heavy atom. The highest BCUT2D eigenvalue weighted by Gasteiger charge is 2.28. The van der Waals surface area contributed by atoms with Crippen molar-refractivity contribution in [2.75, 3.05) is 38.1 Å². The topological polar surface area (TPSA) is 98.2 Å². The van der Waals surface area contributed by atoms with Crippen LogP contribution in [-0.4, -0.2) is 71.8 Å². The van der Waals surface area contributed by atoms with Gasteiger partial charge in [-0.3, -0.25) is 19.2 Å². The molecule has 1 aromatic carbocycles. The van der Waals surface area contributed by atoms with Gasteiger partial charge in [-0.25, -0.2) is 0 Å². The van der Waals surface area contributed by atoms with Gasteiger partial charge in [-0.05, 0) is 43.0 Å². The zero-order valence-electron chi connectivity index (χ0n) is 16.2. The SMILES string of the molecule is CC(=O)N1CCc2cc(C(=O)N(C)CC(=O)N3CCC(C(=O)O)CC3)ccc21. The van der Waals surface area contributed by atoms with E-state index in [2.05, 4.69) is 0 Å². The first-order valence-corrected chi connectivity index (χ1v) is 9.45. The van der Waals surface area contributed by atoms with Crippen LogP contribution in [0.3, 0.4) is 0 Å². The summed E-state index contributed by atoms with van der Waals surface area (Å²) < 4.78 is 0. The molecule has 1 saturated heterocycles. The van der Waals surface area contributed by atoms with Gasteiger partial charge in [0.05, 0.1) is 12.5 Å². The lowest BCUT2D eigenvalue weighted by molar-refractivity contribution is -0.145. The maximum Gasteiger partial charge on any atom is 0.306 e. The third-order valence-corrected chi connectivity index (χ3v) is 5.52. The fourth-order valence-electron chi connectivity index (χ4n) is 3.83. The van der Waals surface area contributed by atoms with Crippen LogP contribution in [0.15, 0.2) is 18.2 Å². The summed E-state index contributed by atoms with van der Waals surface area (Å²) in [5.74, 6) is -1.67. The number of benzene rings is 1. The molecule has 2 aliphatic rings. The van der Waals surface area contributed by atoms with Gasteiger partial charge in [0.25, 0.3) is 5.91 Å². The van der Waals surface area contributed by atoms with E-state index < -0.39 is 11.9 Å². The van der Waals surface area contributed by atoms with Crippen LogP contribution < -0.4 is 4.90 Å². The fourth-order valence-corrected chi connectivity index (χ4v) is 3.83. The van der Waals surface area contributed by atoms with Gasteiger partial charge in [-0.15, -0.1) is 0 Å². The lowest BCUT2D eigenvalue weighted by Gasteiger charge is -2.31. The van der Waals surface area contributed by atoms with Crippen LogP contribution in [0, 0.1) is 5.92 Å². The highest BCUT2D eigenvalue weighted by atomic mass is 16.4. The van der Waals surface area contributed by atoms with Crippen molar-refractivity contribution in [1.82, 2.24) is 9.80 Å². The average molecular weight is 387 g/mol. The molecule has 0 unspecified atom stereocenters. The standard InChI is InChI=1S/C20H25N3O5/c1-13(24)23-10-7-15-11-16(3-4-17(15)23)19(26)21(2)12-18(25)22-8-5-14(6-9-22)20(27)28/h3-4,11,14H,5-10,12H2,1-2H3,(H,27,28). The molecule has 0 saturated carbocycles. The van der Waals surface area contributed by atoms with E-state index in [4.69, 9.17) is 5.11 Å². The molecule has 8 heteroatoms. The first-order chi connectivity index (χ1) is 13.3. The number of rotatable bonds is 4. The van der Waals surface area contributed by atoms with E-state index in [9.17, 15) is 19.2 Å². The van der Waals surface area contributed by atoms with Gasteiger partial charge in [0.2, 0.25) is 11.8 Å². The Kier molecular flexibility index (Phi) is 5.67. The molecule has 0 radical (unpaired) electrons. The van der Waals surface area contributed by atoms with E-state index in [0.717, 1.165) is 11.3 Å². The summed E-state index contributed by atoms with van der Waals surface area (Å²) in [7, 11) is 1.58. The van der Waals surface area contributed by atoms with Crippen LogP contribution in [-0.2, 0) is 20.8 Å². The molecule has 3 amide bonds. The second-order valence-electron chi connectivity index (χ2n) is 7.42. The Balaban J connectivity index is 1.60. The number of carboxylic acid groups (broad SMARTS) is 1. The maximum atomic E-state index is 12.7. The van der Waals surface area contributed by atoms with Crippen molar-refractivity contribution < 1.29 is 24.3 Å². The number of hydrogen-bond acceptors (Lipinski definition) is 4. The van der Waals surface area contributed by atoms with Gasteiger partial charge in [-0.2, -0.15) is 0 Å². The monoisotopic (exact) mass is 387 g/mol. The van der Waals surface area contributed by atoms with Gasteiger partial charge in [0, 0.05) is 44.9 Å². The second-order valence-corrected chi connectivity index (χ2v) is 7.42. The Hall–Kier alpha value is -2.90. The molecular formula is C20H25N3O5. The van der Waals surface area contributed by atoms with Crippen molar-refractivity contribution >= 4 is 29.4 Å². The smallest absolute Gasteiger partial charge is 0.306 e. The summed E-state index contributed by atoms with van der Waals surface area (Å²) in [4.78, 5) is 52.5. The molecular weight excluding hydrogens is 362 g/mol. The Morgan fingerprint density at radius 3 is 2.43 bits per heavy atom. The molecule has 8 nitrogen and oxygen atoms in total. The highest BCUT2D eigenvalue weighted by molar-refractivity contribution is 5.99. The molecule has 0 bridgehead atoms. The van der Waals surface area contributed by atoms with Crippen LogP contribution in [0.5, 0.6) is 0 Å². The lowest BCUT2D eigenvalue weighted by atomic mass is 9.97. The molecule has 1 aromatic rings. The number of carboxylic acids is 1. The number of carbonyl (C=O) groups is 4. The molecule has 0 aromatic heterocycles. The van der Waals surface area contributed by atoms with Gasteiger partial charge >= 0.3 is 5.97 Å². The lowest BCUT2D eigenvalue weighted by Crippen LogP contribution is -2.45.